The van der Waals surface area contributed by atoms with Crippen LogP contribution in [0, 0.1) is 13.8 Å². The van der Waals surface area contributed by atoms with Gasteiger partial charge in [0.05, 0.1) is 101 Å². The molecule has 0 aliphatic carbocycles. The molecule has 1 saturated heterocycles. The summed E-state index contributed by atoms with van der Waals surface area (Å²) in [5.41, 5.74) is 21.9. The number of fused-ring (bicyclic) bond motifs is 4. The second-order valence-corrected chi connectivity index (χ2v) is 37.8. The summed E-state index contributed by atoms with van der Waals surface area (Å²) >= 11 is 0. The highest BCUT2D eigenvalue weighted by atomic mass is 19.4. The number of amides is 4. The van der Waals surface area contributed by atoms with E-state index >= 15 is 0 Å². The van der Waals surface area contributed by atoms with E-state index in [4.69, 9.17) is 33.2 Å². The van der Waals surface area contributed by atoms with Crippen LogP contribution in [0.2, 0.25) is 0 Å². The fourth-order valence-electron chi connectivity index (χ4n) is 19.9. The Morgan fingerprint density at radius 2 is 0.748 bits per heavy atom. The number of rotatable bonds is 29. The molecule has 8 atom stereocenters. The Hall–Kier alpha value is -14.6. The summed E-state index contributed by atoms with van der Waals surface area (Å²) in [4.78, 5) is 71.7. The number of halogens is 6. The first-order chi connectivity index (χ1) is 70.5. The van der Waals surface area contributed by atoms with Crippen LogP contribution in [0.5, 0.6) is 34.5 Å². The number of anilines is 8. The minimum absolute atomic E-state index is 0.00664. The Balaban J connectivity index is 0.000000155. The molecule has 0 saturated carbocycles. The number of esters is 1. The van der Waals surface area contributed by atoms with Crippen LogP contribution in [0.1, 0.15) is 181 Å². The number of hydrogen-bond acceptors (Lipinski definition) is 19. The fourth-order valence-corrected chi connectivity index (χ4v) is 19.9. The minimum atomic E-state index is -4.81. The van der Waals surface area contributed by atoms with Crippen molar-refractivity contribution in [1.29, 1.82) is 0 Å². The first kappa shape index (κ1) is 108. The summed E-state index contributed by atoms with van der Waals surface area (Å²) in [6, 6.07) is 81.0. The molecule has 5 N–H and O–H groups in total. The van der Waals surface area contributed by atoms with Crippen LogP contribution in [0.4, 0.5) is 71.8 Å². The molecule has 5 heterocycles. The molecule has 4 amide bonds. The molecule has 17 rings (SSSR count). The second-order valence-electron chi connectivity index (χ2n) is 37.8. The van der Waals surface area contributed by atoms with Crippen LogP contribution < -0.4 is 74.6 Å². The lowest BCUT2D eigenvalue weighted by Gasteiger charge is -2.40. The first-order valence-corrected chi connectivity index (χ1v) is 50.1. The van der Waals surface area contributed by atoms with Gasteiger partial charge in [0.15, 0.2) is 5.75 Å². The van der Waals surface area contributed by atoms with Gasteiger partial charge in [-0.2, -0.15) is 13.2 Å². The maximum Gasteiger partial charge on any atom is 0.573 e. The van der Waals surface area contributed by atoms with Gasteiger partial charge in [0.25, 0.3) is 0 Å². The van der Waals surface area contributed by atoms with E-state index in [-0.39, 0.29) is 95.9 Å². The number of benzene rings is 12. The predicted molar refractivity (Wildman–Crippen MR) is 570 cm³/mol. The van der Waals surface area contributed by atoms with Gasteiger partial charge < -0.3 is 84.1 Å². The van der Waals surface area contributed by atoms with Crippen molar-refractivity contribution >= 4 is 75.1 Å². The highest BCUT2D eigenvalue weighted by molar-refractivity contribution is 5.98. The molecule has 5 aliphatic heterocycles. The van der Waals surface area contributed by atoms with Crippen LogP contribution in [-0.4, -0.2) is 152 Å². The molecule has 29 heteroatoms. The maximum absolute atomic E-state index is 13.0. The highest BCUT2D eigenvalue weighted by Crippen LogP contribution is 2.49. The molecule has 774 valence electrons. The number of hydrogen-bond donors (Lipinski definition) is 5. The molecule has 0 spiro atoms. The SMILES string of the molecule is CCCOc1cccc(-c2ccc3c(c2)[C@H](Nc2ccc(C)cc2OC)C[C@H](C)N3C(C)=O)c1.CCCOc1cccc(-c2ccc3c(c2)[C@H](Nc2ccccc2OC(F)(F)F)C[C@H](C)N3C(C)=O)c1.COC(=O)c1ccc(N[C@@H]2C[C@H](C)N(C(C)=O)c3ccc(-c4cccc(OCCN5CCOCC5)c4)cc32)cc1.COc1cc(C)ccc1N[C@@H]1C[C@H](C)N(C(C)=O)c2ccc(-c3cccc(CNCC(F)(F)F)c3)cc21. The van der Waals surface area contributed by atoms with Crippen molar-refractivity contribution in [3.05, 3.63) is 299 Å². The van der Waals surface area contributed by atoms with Gasteiger partial charge in [-0.25, -0.2) is 4.79 Å². The van der Waals surface area contributed by atoms with Crippen molar-refractivity contribution in [1.82, 2.24) is 10.2 Å². The maximum atomic E-state index is 13.0. The lowest BCUT2D eigenvalue weighted by atomic mass is 9.88. The summed E-state index contributed by atoms with van der Waals surface area (Å²) < 4.78 is 120. The lowest BCUT2D eigenvalue weighted by molar-refractivity contribution is -0.274. The van der Waals surface area contributed by atoms with Gasteiger partial charge in [-0.05, 0) is 315 Å². The van der Waals surface area contributed by atoms with Crippen LogP contribution in [0.3, 0.4) is 0 Å². The molecular formula is C118H132F6N10O13. The van der Waals surface area contributed by atoms with Gasteiger partial charge in [0, 0.05) is 106 Å². The Bertz CT molecular complexity index is 6580. The Kier molecular flexibility index (Phi) is 36.5. The van der Waals surface area contributed by atoms with Crippen LogP contribution >= 0.6 is 0 Å². The Labute approximate surface area is 857 Å². The van der Waals surface area contributed by atoms with Crippen molar-refractivity contribution in [3.8, 4) is 79.0 Å². The van der Waals surface area contributed by atoms with Gasteiger partial charge in [-0.15, -0.1) is 13.2 Å². The van der Waals surface area contributed by atoms with E-state index in [0.717, 1.165) is 211 Å². The van der Waals surface area contributed by atoms with E-state index < -0.39 is 19.1 Å². The van der Waals surface area contributed by atoms with Crippen molar-refractivity contribution < 1.29 is 88.2 Å². The molecule has 5 aliphatic rings. The second kappa shape index (κ2) is 49.6. The average molecular weight is 2010 g/mol. The van der Waals surface area contributed by atoms with E-state index in [0.29, 0.717) is 38.2 Å². The summed E-state index contributed by atoms with van der Waals surface area (Å²) in [5.74, 6) is 3.34. The van der Waals surface area contributed by atoms with Crippen molar-refractivity contribution in [2.24, 2.45) is 0 Å². The van der Waals surface area contributed by atoms with E-state index in [1.807, 2.05) is 182 Å². The molecule has 1 fully saturated rings. The minimum Gasteiger partial charge on any atom is -0.495 e. The normalized spacial score (nSPS) is 17.7. The van der Waals surface area contributed by atoms with Gasteiger partial charge in [0.1, 0.15) is 35.4 Å². The number of alkyl halides is 6. The van der Waals surface area contributed by atoms with Crippen LogP contribution in [0.15, 0.2) is 255 Å². The zero-order chi connectivity index (χ0) is 105. The number of morpholine rings is 1. The Morgan fingerprint density at radius 3 is 1.12 bits per heavy atom. The lowest BCUT2D eigenvalue weighted by Crippen LogP contribution is -2.43. The molecule has 12 aromatic carbocycles. The number of nitrogens with one attached hydrogen (secondary N) is 5. The van der Waals surface area contributed by atoms with E-state index in [9.17, 15) is 50.3 Å². The first-order valence-electron chi connectivity index (χ1n) is 50.1. The summed E-state index contributed by atoms with van der Waals surface area (Å²) in [7, 11) is 4.71. The van der Waals surface area contributed by atoms with E-state index in [1.54, 1.807) is 70.2 Å². The summed E-state index contributed by atoms with van der Waals surface area (Å²) in [6.07, 6.45) is -4.43. The van der Waals surface area contributed by atoms with Gasteiger partial charge >= 0.3 is 18.5 Å². The highest BCUT2D eigenvalue weighted by Gasteiger charge is 2.40. The molecule has 0 aromatic heterocycles. The molecule has 147 heavy (non-hydrogen) atoms. The third-order valence-electron chi connectivity index (χ3n) is 26.7. The molecule has 0 unspecified atom stereocenters. The smallest absolute Gasteiger partial charge is 0.495 e. The topological polar surface area (TPSA) is 236 Å². The number of ether oxygens (including phenoxy) is 8. The zero-order valence-corrected chi connectivity index (χ0v) is 86.0. The largest absolute Gasteiger partial charge is 0.573 e. The number of carbonyl (C=O) groups excluding carboxylic acids is 5. The number of nitrogens with zero attached hydrogens (tertiary/aromatic N) is 5. The zero-order valence-electron chi connectivity index (χ0n) is 86.0. The Morgan fingerprint density at radius 1 is 0.388 bits per heavy atom. The fraction of sp³-hybridized carbons (Fsp3) is 0.347. The van der Waals surface area contributed by atoms with Gasteiger partial charge in [-0.1, -0.05) is 117 Å². The molecule has 0 bridgehead atoms. The molecular weight excluding hydrogens is 1880 g/mol. The van der Waals surface area contributed by atoms with Gasteiger partial charge in [0.2, 0.25) is 23.6 Å². The number of aryl methyl sites for hydroxylation is 2. The monoisotopic (exact) mass is 2010 g/mol. The number of methoxy groups -OCH3 is 3. The number of para-hydroxylation sites is 2. The number of carbonyl (C=O) groups is 5. The van der Waals surface area contributed by atoms with Crippen molar-refractivity contribution in [3.63, 3.8) is 0 Å². The van der Waals surface area contributed by atoms with Crippen LogP contribution in [0.25, 0.3) is 44.5 Å². The molecule has 23 nitrogen and oxygen atoms in total. The van der Waals surface area contributed by atoms with E-state index in [2.05, 4.69) is 137 Å². The quantitative estimate of drug-likeness (QED) is 0.0216. The molecule has 0 radical (unpaired) electrons. The van der Waals surface area contributed by atoms with Crippen LogP contribution in [-0.2, 0) is 35.2 Å². The predicted octanol–water partition coefficient (Wildman–Crippen LogP) is 25.9. The van der Waals surface area contributed by atoms with E-state index in [1.165, 1.54) is 26.2 Å². The average Bonchev–Trinajstić information content (AvgIpc) is 0.775. The third kappa shape index (κ3) is 28.0. The van der Waals surface area contributed by atoms with Crippen molar-refractivity contribution in [2.75, 3.05) is 121 Å². The molecule has 12 aromatic rings. The third-order valence-corrected chi connectivity index (χ3v) is 26.7. The van der Waals surface area contributed by atoms with Crippen molar-refractivity contribution in [2.45, 2.75) is 189 Å². The summed E-state index contributed by atoms with van der Waals surface area (Å²) in [5, 5.41) is 16.7. The van der Waals surface area contributed by atoms with Gasteiger partial charge in [-0.3, -0.25) is 24.1 Å². The standard InChI is InChI=1S/C32H37N3O5.C29H32F3N3O2.C29H34N2O3.C28H29F3N2O3/c1-22-19-30(33-27-10-7-24(8-11-27)32(37)38-3)29-21-26(9-12-31(29)35(22)23(2)36)25-5-4-6-28(20-25)40-18-15-34-13-16-39-17-14-34;1-18-8-10-25(28(12-18)37-4)34-26-13-19(2)35(20(3)36)27-11-9-23(15-24(26)27)22-7-5-6-21(14-22)16-33-17-29(30,31)32;1-6-14-34-24-9-7-8-22(17-24)23-11-13-28-25(18-23)27(16-20(3)31(28)21(4)32)30-26-12-10-19(2)15-29(26)33-5;1-4-14-35-22-9-7-8-20(16-22)21-12-13-26-23(17-21)25(15-18(2)33(26)19(3)34)32-24-10-5-6-11-27(24)36-28(29,30)31/h4-12,20-22,30,33H,13-19H2,1-3H3;5-12,14-15,19,26,33-34H,13,16-17H2,1-4H3;7-13,15,17-18,20,27,30H,6,14,16H2,1-5H3;5-13,16-18,25,32H,4,14-15H2,1-3H3/t22-,30+;19-,26+;20-,27+;18-,25+/m0000/s1. The summed E-state index contributed by atoms with van der Waals surface area (Å²) in [6.45, 7) is 28.0.